The smallest absolute Gasteiger partial charge is 0.0984 e. The molecule has 1 unspecified atom stereocenters. The van der Waals surface area contributed by atoms with Gasteiger partial charge in [0.05, 0.1) is 19.0 Å². The molecule has 16 heavy (non-hydrogen) atoms. The summed E-state index contributed by atoms with van der Waals surface area (Å²) in [5, 5.41) is 8.03. The molecule has 0 spiro atoms. The SMILES string of the molecule is CC(C)C(=N)N1CCC(N2CCOCC2)C1. The molecule has 4 heteroatoms. The van der Waals surface area contributed by atoms with E-state index in [2.05, 4.69) is 23.6 Å². The van der Waals surface area contributed by atoms with Crippen LogP contribution in [0, 0.1) is 11.3 Å². The number of amidine groups is 1. The Morgan fingerprint density at radius 1 is 1.25 bits per heavy atom. The molecule has 4 nitrogen and oxygen atoms in total. The minimum Gasteiger partial charge on any atom is -0.379 e. The van der Waals surface area contributed by atoms with E-state index in [1.807, 2.05) is 0 Å². The quantitative estimate of drug-likeness (QED) is 0.563. The van der Waals surface area contributed by atoms with Crippen LogP contribution in [0.5, 0.6) is 0 Å². The van der Waals surface area contributed by atoms with Gasteiger partial charge in [0.15, 0.2) is 0 Å². The maximum absolute atomic E-state index is 8.03. The van der Waals surface area contributed by atoms with E-state index in [0.717, 1.165) is 45.2 Å². The molecular formula is C12H23N3O. The molecule has 2 saturated heterocycles. The van der Waals surface area contributed by atoms with Crippen LogP contribution in [0.3, 0.4) is 0 Å². The first-order valence-corrected chi connectivity index (χ1v) is 6.33. The lowest BCUT2D eigenvalue weighted by Gasteiger charge is -2.32. The second-order valence-electron chi connectivity index (χ2n) is 5.08. The van der Waals surface area contributed by atoms with Crippen LogP contribution in [0.1, 0.15) is 20.3 Å². The highest BCUT2D eigenvalue weighted by atomic mass is 16.5. The number of hydrogen-bond acceptors (Lipinski definition) is 3. The van der Waals surface area contributed by atoms with Crippen molar-refractivity contribution in [3.63, 3.8) is 0 Å². The van der Waals surface area contributed by atoms with E-state index in [1.54, 1.807) is 0 Å². The zero-order chi connectivity index (χ0) is 11.5. The number of hydrogen-bond donors (Lipinski definition) is 1. The molecule has 1 atom stereocenters. The Labute approximate surface area is 98.1 Å². The van der Waals surface area contributed by atoms with Crippen molar-refractivity contribution in [2.45, 2.75) is 26.3 Å². The molecule has 2 aliphatic rings. The van der Waals surface area contributed by atoms with Crippen LogP contribution in [0.2, 0.25) is 0 Å². The predicted octanol–water partition coefficient (Wildman–Crippen LogP) is 1.03. The maximum Gasteiger partial charge on any atom is 0.0984 e. The van der Waals surface area contributed by atoms with E-state index in [9.17, 15) is 0 Å². The van der Waals surface area contributed by atoms with Crippen molar-refractivity contribution in [2.75, 3.05) is 39.4 Å². The molecule has 0 aromatic rings. The van der Waals surface area contributed by atoms with Gasteiger partial charge < -0.3 is 9.64 Å². The van der Waals surface area contributed by atoms with Gasteiger partial charge in [-0.15, -0.1) is 0 Å². The normalized spacial score (nSPS) is 27.7. The Morgan fingerprint density at radius 2 is 1.94 bits per heavy atom. The summed E-state index contributed by atoms with van der Waals surface area (Å²) in [5.41, 5.74) is 0. The maximum atomic E-state index is 8.03. The van der Waals surface area contributed by atoms with Crippen LogP contribution in [-0.4, -0.2) is 61.1 Å². The van der Waals surface area contributed by atoms with Crippen LogP contribution in [0.15, 0.2) is 0 Å². The third-order valence-electron chi connectivity index (χ3n) is 3.61. The lowest BCUT2D eigenvalue weighted by Crippen LogP contribution is -2.45. The summed E-state index contributed by atoms with van der Waals surface area (Å²) in [6.07, 6.45) is 1.20. The van der Waals surface area contributed by atoms with Gasteiger partial charge >= 0.3 is 0 Å². The van der Waals surface area contributed by atoms with Crippen molar-refractivity contribution in [2.24, 2.45) is 5.92 Å². The first-order valence-electron chi connectivity index (χ1n) is 6.33. The highest BCUT2D eigenvalue weighted by Gasteiger charge is 2.30. The fourth-order valence-corrected chi connectivity index (χ4v) is 2.57. The Kier molecular flexibility index (Phi) is 3.82. The van der Waals surface area contributed by atoms with Gasteiger partial charge in [0.2, 0.25) is 0 Å². The van der Waals surface area contributed by atoms with Crippen LogP contribution in [0.4, 0.5) is 0 Å². The molecule has 0 radical (unpaired) electrons. The van der Waals surface area contributed by atoms with E-state index < -0.39 is 0 Å². The number of nitrogens with one attached hydrogen (secondary N) is 1. The van der Waals surface area contributed by atoms with Crippen LogP contribution in [-0.2, 0) is 4.74 Å². The van der Waals surface area contributed by atoms with Crippen molar-refractivity contribution < 1.29 is 4.74 Å². The summed E-state index contributed by atoms with van der Waals surface area (Å²) in [7, 11) is 0. The molecule has 0 aromatic heterocycles. The van der Waals surface area contributed by atoms with Crippen molar-refractivity contribution >= 4 is 5.84 Å². The Bertz CT molecular complexity index is 249. The summed E-state index contributed by atoms with van der Waals surface area (Å²) in [6, 6.07) is 0.642. The molecule has 2 aliphatic heterocycles. The van der Waals surface area contributed by atoms with Gasteiger partial charge in [-0.3, -0.25) is 10.3 Å². The number of likely N-dealkylation sites (tertiary alicyclic amines) is 1. The Hall–Kier alpha value is -0.610. The fraction of sp³-hybridized carbons (Fsp3) is 0.917. The number of rotatable bonds is 2. The summed E-state index contributed by atoms with van der Waals surface area (Å²) < 4.78 is 5.37. The van der Waals surface area contributed by atoms with E-state index in [4.69, 9.17) is 10.1 Å². The van der Waals surface area contributed by atoms with Crippen molar-refractivity contribution in [1.29, 1.82) is 5.41 Å². The zero-order valence-electron chi connectivity index (χ0n) is 10.4. The van der Waals surface area contributed by atoms with Crippen molar-refractivity contribution in [3.05, 3.63) is 0 Å². The second kappa shape index (κ2) is 5.15. The average Bonchev–Trinajstić information content (AvgIpc) is 2.78. The largest absolute Gasteiger partial charge is 0.379 e. The summed E-state index contributed by atoms with van der Waals surface area (Å²) in [6.45, 7) is 10.2. The van der Waals surface area contributed by atoms with E-state index in [0.29, 0.717) is 12.0 Å². The standard InChI is InChI=1S/C12H23N3O/c1-10(2)12(13)15-4-3-11(9-15)14-5-7-16-8-6-14/h10-11,13H,3-9H2,1-2H3. The van der Waals surface area contributed by atoms with E-state index >= 15 is 0 Å². The third-order valence-corrected chi connectivity index (χ3v) is 3.61. The summed E-state index contributed by atoms with van der Waals surface area (Å²) in [4.78, 5) is 4.77. The summed E-state index contributed by atoms with van der Waals surface area (Å²) in [5.74, 6) is 1.15. The molecule has 1 N–H and O–H groups in total. The molecule has 0 aliphatic carbocycles. The zero-order valence-corrected chi connectivity index (χ0v) is 10.4. The highest BCUT2D eigenvalue weighted by Crippen LogP contribution is 2.18. The Morgan fingerprint density at radius 3 is 2.56 bits per heavy atom. The number of nitrogens with zero attached hydrogens (tertiary/aromatic N) is 2. The van der Waals surface area contributed by atoms with Gasteiger partial charge in [0, 0.05) is 38.1 Å². The second-order valence-corrected chi connectivity index (χ2v) is 5.08. The topological polar surface area (TPSA) is 39.6 Å². The Balaban J connectivity index is 1.85. The van der Waals surface area contributed by atoms with Crippen LogP contribution in [0.25, 0.3) is 0 Å². The molecule has 0 amide bonds. The first-order chi connectivity index (χ1) is 7.68. The molecule has 2 fully saturated rings. The molecule has 0 saturated carbocycles. The minimum absolute atomic E-state index is 0.350. The third kappa shape index (κ3) is 2.55. The average molecular weight is 225 g/mol. The molecular weight excluding hydrogens is 202 g/mol. The number of ether oxygens (including phenoxy) is 1. The van der Waals surface area contributed by atoms with Gasteiger partial charge in [-0.2, -0.15) is 0 Å². The van der Waals surface area contributed by atoms with Crippen molar-refractivity contribution in [3.8, 4) is 0 Å². The van der Waals surface area contributed by atoms with Gasteiger partial charge in [-0.1, -0.05) is 13.8 Å². The van der Waals surface area contributed by atoms with E-state index in [-0.39, 0.29) is 0 Å². The van der Waals surface area contributed by atoms with Crippen LogP contribution < -0.4 is 0 Å². The van der Waals surface area contributed by atoms with Gasteiger partial charge in [0.25, 0.3) is 0 Å². The minimum atomic E-state index is 0.350. The molecule has 0 bridgehead atoms. The summed E-state index contributed by atoms with van der Waals surface area (Å²) >= 11 is 0. The van der Waals surface area contributed by atoms with Gasteiger partial charge in [0.1, 0.15) is 0 Å². The van der Waals surface area contributed by atoms with Crippen LogP contribution >= 0.6 is 0 Å². The highest BCUT2D eigenvalue weighted by molar-refractivity contribution is 5.81. The predicted molar refractivity (Wildman–Crippen MR) is 64.9 cm³/mol. The number of morpholine rings is 1. The first kappa shape index (κ1) is 11.9. The fourth-order valence-electron chi connectivity index (χ4n) is 2.57. The van der Waals surface area contributed by atoms with Crippen molar-refractivity contribution in [1.82, 2.24) is 9.80 Å². The lowest BCUT2D eigenvalue weighted by molar-refractivity contribution is 0.0194. The van der Waals surface area contributed by atoms with Gasteiger partial charge in [-0.05, 0) is 6.42 Å². The molecule has 0 aromatic carbocycles. The van der Waals surface area contributed by atoms with Gasteiger partial charge in [-0.25, -0.2) is 0 Å². The molecule has 2 rings (SSSR count). The van der Waals surface area contributed by atoms with E-state index in [1.165, 1.54) is 6.42 Å². The lowest BCUT2D eigenvalue weighted by atomic mass is 10.2. The molecule has 2 heterocycles. The monoisotopic (exact) mass is 225 g/mol. The molecule has 92 valence electrons.